The van der Waals surface area contributed by atoms with Crippen LogP contribution in [0.15, 0.2) is 53.7 Å². The van der Waals surface area contributed by atoms with Gasteiger partial charge >= 0.3 is 0 Å². The van der Waals surface area contributed by atoms with Crippen LogP contribution in [0, 0.1) is 13.8 Å². The summed E-state index contributed by atoms with van der Waals surface area (Å²) in [6, 6.07) is 14.1. The molecule has 3 amide bonds. The number of anilines is 1. The number of thioether (sulfide) groups is 1. The van der Waals surface area contributed by atoms with Gasteiger partial charge in [0.15, 0.2) is 5.16 Å². The van der Waals surface area contributed by atoms with Crippen molar-refractivity contribution < 1.29 is 14.4 Å². The normalized spacial score (nSPS) is 12.5. The van der Waals surface area contributed by atoms with Crippen LogP contribution >= 0.6 is 11.8 Å². The van der Waals surface area contributed by atoms with Crippen LogP contribution in [-0.4, -0.2) is 27.7 Å². The first kappa shape index (κ1) is 22.5. The summed E-state index contributed by atoms with van der Waals surface area (Å²) in [7, 11) is 0. The molecule has 8 nitrogen and oxygen atoms in total. The number of rotatable bonds is 5. The van der Waals surface area contributed by atoms with E-state index in [-0.39, 0.29) is 5.91 Å². The molecule has 0 unspecified atom stereocenters. The SMILES string of the molecule is Cc1cc(C)nc(SCc2ccc(C(=O)NNC(=O)c3ccc4c(c3)CCC(=O)N4)cc2)n1. The molecule has 0 saturated carbocycles. The number of carbonyl (C=O) groups is 3. The van der Waals surface area contributed by atoms with E-state index in [2.05, 4.69) is 26.1 Å². The third kappa shape index (κ3) is 5.75. The minimum atomic E-state index is -0.426. The standard InChI is InChI=1S/C24H23N5O3S/c1-14-11-15(2)26-24(25-14)33-13-16-3-5-17(6-4-16)22(31)28-29-23(32)19-7-9-20-18(12-19)8-10-21(30)27-20/h3-7,9,11-12H,8,10,13H2,1-2H3,(H,27,30)(H,28,31)(H,29,32). The summed E-state index contributed by atoms with van der Waals surface area (Å²) in [6.45, 7) is 3.88. The van der Waals surface area contributed by atoms with E-state index >= 15 is 0 Å². The Kier molecular flexibility index (Phi) is 6.69. The number of hydrogen-bond donors (Lipinski definition) is 3. The lowest BCUT2D eigenvalue weighted by Crippen LogP contribution is -2.41. The highest BCUT2D eigenvalue weighted by atomic mass is 32.2. The molecule has 0 saturated heterocycles. The fraction of sp³-hybridized carbons (Fsp3) is 0.208. The van der Waals surface area contributed by atoms with Crippen LogP contribution in [0.3, 0.4) is 0 Å². The zero-order valence-electron chi connectivity index (χ0n) is 18.3. The highest BCUT2D eigenvalue weighted by Crippen LogP contribution is 2.23. The van der Waals surface area contributed by atoms with Gasteiger partial charge in [0.05, 0.1) is 0 Å². The monoisotopic (exact) mass is 461 g/mol. The van der Waals surface area contributed by atoms with Crippen molar-refractivity contribution >= 4 is 35.2 Å². The Labute approximate surface area is 195 Å². The Hall–Kier alpha value is -3.72. The van der Waals surface area contributed by atoms with E-state index in [0.717, 1.165) is 27.7 Å². The average Bonchev–Trinajstić information content (AvgIpc) is 2.80. The molecule has 0 fully saturated rings. The van der Waals surface area contributed by atoms with Crippen molar-refractivity contribution in [3.05, 3.63) is 82.2 Å². The fourth-order valence-corrected chi connectivity index (χ4v) is 4.35. The largest absolute Gasteiger partial charge is 0.326 e. The maximum Gasteiger partial charge on any atom is 0.269 e. The molecule has 3 N–H and O–H groups in total. The predicted octanol–water partition coefficient (Wildman–Crippen LogP) is 3.35. The molecule has 33 heavy (non-hydrogen) atoms. The number of aryl methyl sites for hydroxylation is 3. The number of aromatic nitrogens is 2. The molecule has 2 heterocycles. The molecule has 0 aliphatic carbocycles. The van der Waals surface area contributed by atoms with E-state index in [0.29, 0.717) is 35.4 Å². The summed E-state index contributed by atoms with van der Waals surface area (Å²) in [6.07, 6.45) is 0.968. The molecule has 1 aliphatic heterocycles. The smallest absolute Gasteiger partial charge is 0.269 e. The predicted molar refractivity (Wildman–Crippen MR) is 126 cm³/mol. The van der Waals surface area contributed by atoms with Crippen molar-refractivity contribution in [2.75, 3.05) is 5.32 Å². The van der Waals surface area contributed by atoms with Crippen molar-refractivity contribution in [2.45, 2.75) is 37.6 Å². The summed E-state index contributed by atoms with van der Waals surface area (Å²) in [5.41, 5.74) is 10.2. The van der Waals surface area contributed by atoms with Crippen LogP contribution < -0.4 is 16.2 Å². The van der Waals surface area contributed by atoms with E-state index in [1.807, 2.05) is 32.0 Å². The zero-order chi connectivity index (χ0) is 23.4. The average molecular weight is 462 g/mol. The maximum atomic E-state index is 12.4. The molecule has 2 aromatic carbocycles. The molecule has 4 rings (SSSR count). The van der Waals surface area contributed by atoms with Crippen molar-refractivity contribution in [1.29, 1.82) is 0 Å². The number of amides is 3. The molecule has 168 valence electrons. The van der Waals surface area contributed by atoms with Gasteiger partial charge in [-0.15, -0.1) is 0 Å². The number of hydrazine groups is 1. The second kappa shape index (κ2) is 9.83. The quantitative estimate of drug-likeness (QED) is 0.305. The van der Waals surface area contributed by atoms with Crippen LogP contribution in [0.1, 0.15) is 49.7 Å². The second-order valence-corrected chi connectivity index (χ2v) is 8.69. The Morgan fingerprint density at radius 1 is 0.909 bits per heavy atom. The lowest BCUT2D eigenvalue weighted by molar-refractivity contribution is -0.116. The fourth-order valence-electron chi connectivity index (χ4n) is 3.44. The summed E-state index contributed by atoms with van der Waals surface area (Å²) in [4.78, 5) is 45.1. The summed E-state index contributed by atoms with van der Waals surface area (Å²) < 4.78 is 0. The molecule has 0 radical (unpaired) electrons. The Morgan fingerprint density at radius 2 is 1.55 bits per heavy atom. The number of nitrogens with one attached hydrogen (secondary N) is 3. The molecule has 0 spiro atoms. The number of fused-ring (bicyclic) bond motifs is 1. The third-order valence-corrected chi connectivity index (χ3v) is 6.02. The highest BCUT2D eigenvalue weighted by molar-refractivity contribution is 7.98. The molecule has 0 atom stereocenters. The minimum Gasteiger partial charge on any atom is -0.326 e. The van der Waals surface area contributed by atoms with Crippen LogP contribution in [-0.2, 0) is 17.0 Å². The molecule has 1 aromatic heterocycles. The first-order valence-electron chi connectivity index (χ1n) is 10.4. The lowest BCUT2D eigenvalue weighted by Gasteiger charge is -2.17. The third-order valence-electron chi connectivity index (χ3n) is 5.10. The van der Waals surface area contributed by atoms with E-state index in [9.17, 15) is 14.4 Å². The number of hydrogen-bond acceptors (Lipinski definition) is 6. The van der Waals surface area contributed by atoms with E-state index in [1.54, 1.807) is 30.3 Å². The summed E-state index contributed by atoms with van der Waals surface area (Å²) in [5, 5.41) is 3.50. The van der Waals surface area contributed by atoms with Gasteiger partial charge in [0.1, 0.15) is 0 Å². The van der Waals surface area contributed by atoms with Gasteiger partial charge in [-0.3, -0.25) is 25.2 Å². The Bertz CT molecular complexity index is 1210. The van der Waals surface area contributed by atoms with Crippen molar-refractivity contribution in [3.8, 4) is 0 Å². The van der Waals surface area contributed by atoms with Crippen molar-refractivity contribution in [2.24, 2.45) is 0 Å². The van der Waals surface area contributed by atoms with Crippen LogP contribution in [0.4, 0.5) is 5.69 Å². The van der Waals surface area contributed by atoms with Gasteiger partial charge in [0.2, 0.25) is 5.91 Å². The molecular formula is C24H23N5O3S. The van der Waals surface area contributed by atoms with Gasteiger partial charge in [0.25, 0.3) is 11.8 Å². The van der Waals surface area contributed by atoms with Gasteiger partial charge in [-0.05, 0) is 67.8 Å². The van der Waals surface area contributed by atoms with E-state index < -0.39 is 11.8 Å². The van der Waals surface area contributed by atoms with Gasteiger partial charge in [-0.1, -0.05) is 23.9 Å². The molecule has 1 aliphatic rings. The lowest BCUT2D eigenvalue weighted by atomic mass is 10.0. The van der Waals surface area contributed by atoms with Crippen LogP contribution in [0.25, 0.3) is 0 Å². The Balaban J connectivity index is 1.30. The first-order valence-corrected chi connectivity index (χ1v) is 11.4. The summed E-state index contributed by atoms with van der Waals surface area (Å²) >= 11 is 1.53. The topological polar surface area (TPSA) is 113 Å². The van der Waals surface area contributed by atoms with Gasteiger partial charge in [-0.25, -0.2) is 9.97 Å². The maximum absolute atomic E-state index is 12.4. The van der Waals surface area contributed by atoms with E-state index in [1.165, 1.54) is 11.8 Å². The number of benzene rings is 2. The molecule has 0 bridgehead atoms. The van der Waals surface area contributed by atoms with Crippen LogP contribution in [0.5, 0.6) is 0 Å². The van der Waals surface area contributed by atoms with Gasteiger partial charge < -0.3 is 5.32 Å². The highest BCUT2D eigenvalue weighted by Gasteiger charge is 2.17. The van der Waals surface area contributed by atoms with E-state index in [4.69, 9.17) is 0 Å². The molecular weight excluding hydrogens is 438 g/mol. The molecule has 3 aromatic rings. The first-order chi connectivity index (χ1) is 15.9. The number of nitrogens with zero attached hydrogens (tertiary/aromatic N) is 2. The van der Waals surface area contributed by atoms with Crippen LogP contribution in [0.2, 0.25) is 0 Å². The van der Waals surface area contributed by atoms with Gasteiger partial charge in [-0.2, -0.15) is 0 Å². The molecule has 9 heteroatoms. The van der Waals surface area contributed by atoms with Crippen molar-refractivity contribution in [3.63, 3.8) is 0 Å². The Morgan fingerprint density at radius 3 is 2.24 bits per heavy atom. The second-order valence-electron chi connectivity index (χ2n) is 7.75. The van der Waals surface area contributed by atoms with Crippen molar-refractivity contribution in [1.82, 2.24) is 20.8 Å². The van der Waals surface area contributed by atoms with Gasteiger partial charge in [0, 0.05) is 40.4 Å². The summed E-state index contributed by atoms with van der Waals surface area (Å²) in [5.74, 6) is -0.189. The minimum absolute atomic E-state index is 0.0322. The zero-order valence-corrected chi connectivity index (χ0v) is 19.1. The number of carbonyl (C=O) groups excluding carboxylic acids is 3.